The van der Waals surface area contributed by atoms with E-state index in [-0.39, 0.29) is 0 Å². The van der Waals surface area contributed by atoms with E-state index in [0.717, 1.165) is 49.3 Å². The van der Waals surface area contributed by atoms with Crippen LogP contribution < -0.4 is 0 Å². The predicted octanol–water partition coefficient (Wildman–Crippen LogP) is 13.9. The van der Waals surface area contributed by atoms with Crippen molar-refractivity contribution in [1.29, 1.82) is 0 Å². The lowest BCUT2D eigenvalue weighted by Gasteiger charge is -2.18. The SMILES string of the molecule is c1ccc2c(c1)ccc1c3cc(-c4c5ccccc5c(-c5ccc(-c6ccc7oc8ccccc8c7c6)cc5)c5ccccc45)ccc3oc21. The van der Waals surface area contributed by atoms with Gasteiger partial charge in [0.2, 0.25) is 0 Å². The molecule has 0 N–H and O–H groups in total. The molecule has 0 radical (unpaired) electrons. The smallest absolute Gasteiger partial charge is 0.143 e. The molecule has 11 aromatic rings. The highest BCUT2D eigenvalue weighted by atomic mass is 16.3. The molecule has 50 heavy (non-hydrogen) atoms. The minimum Gasteiger partial charge on any atom is -0.456 e. The summed E-state index contributed by atoms with van der Waals surface area (Å²) in [5.41, 5.74) is 10.9. The first-order valence-electron chi connectivity index (χ1n) is 17.1. The maximum Gasteiger partial charge on any atom is 0.143 e. The van der Waals surface area contributed by atoms with Gasteiger partial charge in [0.15, 0.2) is 0 Å². The van der Waals surface area contributed by atoms with E-state index >= 15 is 0 Å². The maximum atomic E-state index is 6.48. The second kappa shape index (κ2) is 10.4. The van der Waals surface area contributed by atoms with Crippen molar-refractivity contribution in [3.63, 3.8) is 0 Å². The average molecular weight is 637 g/mol. The van der Waals surface area contributed by atoms with Gasteiger partial charge in [-0.1, -0.05) is 133 Å². The lowest BCUT2D eigenvalue weighted by atomic mass is 9.85. The van der Waals surface area contributed by atoms with Gasteiger partial charge in [0.1, 0.15) is 22.3 Å². The van der Waals surface area contributed by atoms with Gasteiger partial charge < -0.3 is 8.83 Å². The zero-order valence-electron chi connectivity index (χ0n) is 27.0. The monoisotopic (exact) mass is 636 g/mol. The van der Waals surface area contributed by atoms with Gasteiger partial charge in [-0.3, -0.25) is 0 Å². The standard InChI is InChI=1S/C48H28O2/c1-2-10-34-30(9-1)21-24-40-42-28-33(23-26-45(42)50-48(34)40)47-38-14-5-3-12-36(38)46(37-13-4-6-15-39(37)47)31-19-17-29(18-20-31)32-22-25-44-41(27-32)35-11-7-8-16-43(35)49-44/h1-28H. The summed E-state index contributed by atoms with van der Waals surface area (Å²) < 4.78 is 12.6. The van der Waals surface area contributed by atoms with Crippen molar-refractivity contribution in [2.75, 3.05) is 0 Å². The van der Waals surface area contributed by atoms with Crippen LogP contribution in [0.3, 0.4) is 0 Å². The summed E-state index contributed by atoms with van der Waals surface area (Å²) in [6.45, 7) is 0. The van der Waals surface area contributed by atoms with E-state index in [1.807, 2.05) is 12.1 Å². The number of para-hydroxylation sites is 1. The molecule has 0 fully saturated rings. The van der Waals surface area contributed by atoms with Gasteiger partial charge in [-0.05, 0) is 96.7 Å². The number of furan rings is 2. The third-order valence-electron chi connectivity index (χ3n) is 10.5. The third kappa shape index (κ3) is 3.96. The van der Waals surface area contributed by atoms with Crippen molar-refractivity contribution in [3.8, 4) is 33.4 Å². The van der Waals surface area contributed by atoms with Gasteiger partial charge in [-0.15, -0.1) is 0 Å². The average Bonchev–Trinajstić information content (AvgIpc) is 3.75. The highest BCUT2D eigenvalue weighted by Gasteiger charge is 2.18. The molecule has 2 heterocycles. The van der Waals surface area contributed by atoms with Crippen molar-refractivity contribution in [1.82, 2.24) is 0 Å². The molecule has 232 valence electrons. The zero-order valence-corrected chi connectivity index (χ0v) is 27.0. The van der Waals surface area contributed by atoms with Gasteiger partial charge in [0, 0.05) is 26.9 Å². The van der Waals surface area contributed by atoms with Crippen LogP contribution in [0.15, 0.2) is 179 Å². The van der Waals surface area contributed by atoms with Crippen LogP contribution in [0.1, 0.15) is 0 Å². The lowest BCUT2D eigenvalue weighted by molar-refractivity contribution is 0.669. The summed E-state index contributed by atoms with van der Waals surface area (Å²) in [5.74, 6) is 0. The molecule has 0 aliphatic carbocycles. The Balaban J connectivity index is 1.09. The van der Waals surface area contributed by atoms with Crippen LogP contribution in [-0.4, -0.2) is 0 Å². The molecule has 0 saturated heterocycles. The second-order valence-electron chi connectivity index (χ2n) is 13.2. The molecular weight excluding hydrogens is 609 g/mol. The summed E-state index contributed by atoms with van der Waals surface area (Å²) in [5, 5.41) is 11.9. The summed E-state index contributed by atoms with van der Waals surface area (Å²) in [4.78, 5) is 0. The Morgan fingerprint density at radius 1 is 0.260 bits per heavy atom. The Hall–Kier alpha value is -6.64. The zero-order chi connectivity index (χ0) is 32.8. The molecule has 0 bridgehead atoms. The Kier molecular flexibility index (Phi) is 5.70. The Bertz CT molecular complexity index is 3080. The number of hydrogen-bond acceptors (Lipinski definition) is 2. The fraction of sp³-hybridized carbons (Fsp3) is 0. The molecule has 0 saturated carbocycles. The first-order valence-corrected chi connectivity index (χ1v) is 17.1. The molecule has 2 nitrogen and oxygen atoms in total. The van der Waals surface area contributed by atoms with Crippen LogP contribution in [0.4, 0.5) is 0 Å². The summed E-state index contributed by atoms with van der Waals surface area (Å²) in [7, 11) is 0. The fourth-order valence-corrected chi connectivity index (χ4v) is 8.15. The van der Waals surface area contributed by atoms with Crippen LogP contribution in [0.5, 0.6) is 0 Å². The first-order chi connectivity index (χ1) is 24.8. The first kappa shape index (κ1) is 27.3. The van der Waals surface area contributed by atoms with Crippen LogP contribution in [0, 0.1) is 0 Å². The van der Waals surface area contributed by atoms with E-state index in [9.17, 15) is 0 Å². The van der Waals surface area contributed by atoms with E-state index in [2.05, 4.69) is 158 Å². The number of benzene rings is 9. The minimum atomic E-state index is 0.908. The quantitative estimate of drug-likeness (QED) is 0.180. The van der Waals surface area contributed by atoms with Crippen LogP contribution in [-0.2, 0) is 0 Å². The van der Waals surface area contributed by atoms with Gasteiger partial charge in [-0.25, -0.2) is 0 Å². The molecule has 2 heteroatoms. The van der Waals surface area contributed by atoms with E-state index in [4.69, 9.17) is 8.83 Å². The van der Waals surface area contributed by atoms with E-state index in [1.165, 1.54) is 60.3 Å². The molecule has 11 rings (SSSR count). The molecule has 2 aromatic heterocycles. The minimum absolute atomic E-state index is 0.908. The molecule has 0 unspecified atom stereocenters. The number of rotatable bonds is 3. The Labute approximate surface area is 287 Å². The summed E-state index contributed by atoms with van der Waals surface area (Å²) >= 11 is 0. The largest absolute Gasteiger partial charge is 0.456 e. The van der Waals surface area contributed by atoms with Crippen molar-refractivity contribution in [2.45, 2.75) is 0 Å². The van der Waals surface area contributed by atoms with E-state index in [1.54, 1.807) is 0 Å². The molecular formula is C48H28O2. The molecule has 0 spiro atoms. The van der Waals surface area contributed by atoms with Crippen molar-refractivity contribution in [2.24, 2.45) is 0 Å². The Morgan fingerprint density at radius 2 is 0.740 bits per heavy atom. The highest BCUT2D eigenvalue weighted by molar-refractivity contribution is 6.23. The van der Waals surface area contributed by atoms with E-state index in [0.29, 0.717) is 0 Å². The summed E-state index contributed by atoms with van der Waals surface area (Å²) in [6.07, 6.45) is 0. The van der Waals surface area contributed by atoms with Crippen molar-refractivity contribution in [3.05, 3.63) is 170 Å². The Morgan fingerprint density at radius 3 is 1.46 bits per heavy atom. The van der Waals surface area contributed by atoms with Gasteiger partial charge in [0.25, 0.3) is 0 Å². The van der Waals surface area contributed by atoms with Gasteiger partial charge in [-0.2, -0.15) is 0 Å². The van der Waals surface area contributed by atoms with Crippen LogP contribution in [0.2, 0.25) is 0 Å². The molecule has 0 aliphatic rings. The van der Waals surface area contributed by atoms with Crippen molar-refractivity contribution >= 4 is 76.2 Å². The van der Waals surface area contributed by atoms with Crippen molar-refractivity contribution < 1.29 is 8.83 Å². The molecule has 0 aliphatic heterocycles. The van der Waals surface area contributed by atoms with E-state index < -0.39 is 0 Å². The number of fused-ring (bicyclic) bond motifs is 10. The second-order valence-corrected chi connectivity index (χ2v) is 13.2. The fourth-order valence-electron chi connectivity index (χ4n) is 8.15. The van der Waals surface area contributed by atoms with Gasteiger partial charge in [0.05, 0.1) is 0 Å². The molecule has 0 atom stereocenters. The lowest BCUT2D eigenvalue weighted by Crippen LogP contribution is -1.91. The topological polar surface area (TPSA) is 26.3 Å². The van der Waals surface area contributed by atoms with Crippen LogP contribution in [0.25, 0.3) is 110 Å². The van der Waals surface area contributed by atoms with Crippen LogP contribution >= 0.6 is 0 Å². The van der Waals surface area contributed by atoms with Gasteiger partial charge >= 0.3 is 0 Å². The summed E-state index contributed by atoms with van der Waals surface area (Å²) in [6, 6.07) is 61.0. The third-order valence-corrected chi connectivity index (χ3v) is 10.5. The highest BCUT2D eigenvalue weighted by Crippen LogP contribution is 2.45. The normalized spacial score (nSPS) is 12.0. The predicted molar refractivity (Wildman–Crippen MR) is 210 cm³/mol. The molecule has 9 aromatic carbocycles. The maximum absolute atomic E-state index is 6.48. The molecule has 0 amide bonds. The number of hydrogen-bond donors (Lipinski definition) is 0.